The van der Waals surface area contributed by atoms with Crippen molar-refractivity contribution >= 4 is 33.8 Å². The molecule has 11 heteroatoms. The number of hydrogen-bond donors (Lipinski definition) is 2. The van der Waals surface area contributed by atoms with Crippen molar-refractivity contribution in [3.63, 3.8) is 0 Å². The first-order valence-electron chi connectivity index (χ1n) is 12.1. The summed E-state index contributed by atoms with van der Waals surface area (Å²) in [7, 11) is 1.59. The summed E-state index contributed by atoms with van der Waals surface area (Å²) >= 11 is 0. The number of imidazole rings is 1. The largest absolute Gasteiger partial charge is 0.383 e. The molecule has 2 aromatic carbocycles. The minimum Gasteiger partial charge on any atom is -0.383 e. The second-order valence-electron chi connectivity index (χ2n) is 8.61. The summed E-state index contributed by atoms with van der Waals surface area (Å²) in [6, 6.07) is 15.5. The molecular weight excluding hydrogens is 472 g/mol. The van der Waals surface area contributed by atoms with Gasteiger partial charge in [-0.05, 0) is 24.3 Å². The molecule has 188 valence electrons. The molecule has 1 saturated heterocycles. The van der Waals surface area contributed by atoms with Crippen LogP contribution >= 0.6 is 0 Å². The summed E-state index contributed by atoms with van der Waals surface area (Å²) in [4.78, 5) is 37.8. The Hall–Kier alpha value is -4.35. The highest BCUT2D eigenvalue weighted by Gasteiger charge is 2.24. The minimum absolute atomic E-state index is 0.197. The number of rotatable bonds is 7. The molecule has 1 fully saturated rings. The highest BCUT2D eigenvalue weighted by molar-refractivity contribution is 5.96. The molecule has 2 N–H and O–H groups in total. The number of carbonyl (C=O) groups excluding carboxylic acids is 1. The Balaban J connectivity index is 1.55. The lowest BCUT2D eigenvalue weighted by atomic mass is 10.1. The smallest absolute Gasteiger partial charge is 0.287 e. The van der Waals surface area contributed by atoms with Gasteiger partial charge in [0.2, 0.25) is 17.7 Å². The van der Waals surface area contributed by atoms with Crippen molar-refractivity contribution in [1.29, 1.82) is 0 Å². The molecule has 37 heavy (non-hydrogen) atoms. The van der Waals surface area contributed by atoms with Crippen LogP contribution in [0.5, 0.6) is 0 Å². The first-order valence-corrected chi connectivity index (χ1v) is 12.1. The van der Waals surface area contributed by atoms with Crippen LogP contribution in [0.3, 0.4) is 0 Å². The van der Waals surface area contributed by atoms with Crippen LogP contribution < -0.4 is 10.2 Å². The number of H-pyrrole nitrogens is 1. The fraction of sp³-hybridized carbons (Fsp3) is 0.269. The lowest BCUT2D eigenvalue weighted by molar-refractivity contribution is 0.0925. The summed E-state index contributed by atoms with van der Waals surface area (Å²) in [5.74, 6) is 1.22. The van der Waals surface area contributed by atoms with Crippen molar-refractivity contribution in [2.45, 2.75) is 0 Å². The number of para-hydroxylation sites is 2. The first-order chi connectivity index (χ1) is 18.2. The third-order valence-electron chi connectivity index (χ3n) is 6.30. The molecule has 4 heterocycles. The van der Waals surface area contributed by atoms with Gasteiger partial charge in [-0.15, -0.1) is 0 Å². The van der Waals surface area contributed by atoms with E-state index in [-0.39, 0.29) is 11.7 Å². The van der Waals surface area contributed by atoms with Crippen molar-refractivity contribution in [3.8, 4) is 17.3 Å². The maximum absolute atomic E-state index is 13.2. The van der Waals surface area contributed by atoms with Crippen molar-refractivity contribution in [2.75, 3.05) is 51.5 Å². The van der Waals surface area contributed by atoms with Crippen LogP contribution in [-0.4, -0.2) is 82.0 Å². The van der Waals surface area contributed by atoms with Gasteiger partial charge in [0.25, 0.3) is 5.91 Å². The van der Waals surface area contributed by atoms with Crippen LogP contribution in [0.15, 0.2) is 54.7 Å². The normalized spacial score (nSPS) is 13.9. The summed E-state index contributed by atoms with van der Waals surface area (Å²) in [5, 5.41) is 3.87. The molecule has 1 amide bonds. The van der Waals surface area contributed by atoms with E-state index in [9.17, 15) is 4.79 Å². The molecule has 0 aliphatic carbocycles. The highest BCUT2D eigenvalue weighted by atomic mass is 16.5. The van der Waals surface area contributed by atoms with Crippen LogP contribution in [0.2, 0.25) is 0 Å². The second-order valence-corrected chi connectivity index (χ2v) is 8.61. The quantitative estimate of drug-likeness (QED) is 0.328. The molecule has 6 rings (SSSR count). The third kappa shape index (κ3) is 4.39. The standard InChI is InChI=1S/C26H26N8O3/c1-36-14-11-28-24(35)23-29-20-6-2-3-8-21(20)34(23)26-31-22(18-5-4-7-19-17(18)9-10-27-19)30-25(32-26)33-12-15-37-16-13-33/h2-10,27H,11-16H2,1H3,(H,28,35). The van der Waals surface area contributed by atoms with Crippen molar-refractivity contribution in [3.05, 3.63) is 60.6 Å². The Morgan fingerprint density at radius 2 is 1.86 bits per heavy atom. The Morgan fingerprint density at radius 3 is 2.73 bits per heavy atom. The number of benzene rings is 2. The summed E-state index contributed by atoms with van der Waals surface area (Å²) < 4.78 is 12.3. The van der Waals surface area contributed by atoms with E-state index in [1.165, 1.54) is 0 Å². The SMILES string of the molecule is COCCNC(=O)c1nc2ccccc2n1-c1nc(-c2cccc3[nH]ccc23)nc(N2CCOCC2)n1. The van der Waals surface area contributed by atoms with Gasteiger partial charge in [-0.3, -0.25) is 9.36 Å². The molecule has 1 aliphatic heterocycles. The van der Waals surface area contributed by atoms with E-state index in [2.05, 4.69) is 20.2 Å². The van der Waals surface area contributed by atoms with Gasteiger partial charge >= 0.3 is 0 Å². The summed E-state index contributed by atoms with van der Waals surface area (Å²) in [5.41, 5.74) is 3.25. The zero-order valence-corrected chi connectivity index (χ0v) is 20.3. The van der Waals surface area contributed by atoms with Crippen LogP contribution in [0, 0.1) is 0 Å². The molecule has 1 aliphatic rings. The number of amides is 1. The van der Waals surface area contributed by atoms with E-state index in [4.69, 9.17) is 24.4 Å². The Kier molecular flexibility index (Phi) is 6.21. The summed E-state index contributed by atoms with van der Waals surface area (Å²) in [6.07, 6.45) is 1.89. The van der Waals surface area contributed by atoms with Gasteiger partial charge in [0.15, 0.2) is 5.82 Å². The van der Waals surface area contributed by atoms with E-state index in [0.29, 0.717) is 62.7 Å². The molecule has 0 spiro atoms. The molecule has 5 aromatic rings. The molecule has 0 bridgehead atoms. The van der Waals surface area contributed by atoms with Crippen LogP contribution in [0.4, 0.5) is 5.95 Å². The van der Waals surface area contributed by atoms with E-state index in [0.717, 1.165) is 22.0 Å². The zero-order valence-electron chi connectivity index (χ0n) is 20.3. The number of fused-ring (bicyclic) bond motifs is 2. The minimum atomic E-state index is -0.337. The monoisotopic (exact) mass is 498 g/mol. The van der Waals surface area contributed by atoms with Gasteiger partial charge in [-0.1, -0.05) is 24.3 Å². The van der Waals surface area contributed by atoms with Gasteiger partial charge in [-0.25, -0.2) is 4.98 Å². The highest BCUT2D eigenvalue weighted by Crippen LogP contribution is 2.29. The Bertz CT molecular complexity index is 1570. The predicted octanol–water partition coefficient (Wildman–Crippen LogP) is 2.57. The Morgan fingerprint density at radius 1 is 1.03 bits per heavy atom. The van der Waals surface area contributed by atoms with Gasteiger partial charge in [0.05, 0.1) is 30.9 Å². The number of anilines is 1. The molecule has 3 aromatic heterocycles. The maximum Gasteiger partial charge on any atom is 0.287 e. The number of nitrogens with one attached hydrogen (secondary N) is 2. The molecule has 0 saturated carbocycles. The number of nitrogens with zero attached hydrogens (tertiary/aromatic N) is 6. The molecule has 11 nitrogen and oxygen atoms in total. The van der Waals surface area contributed by atoms with Crippen molar-refractivity contribution in [2.24, 2.45) is 0 Å². The fourth-order valence-corrected chi connectivity index (χ4v) is 4.49. The Labute approximate surface area is 212 Å². The molecule has 0 atom stereocenters. The van der Waals surface area contributed by atoms with Gasteiger partial charge in [0.1, 0.15) is 0 Å². The van der Waals surface area contributed by atoms with Gasteiger partial charge < -0.3 is 24.7 Å². The van der Waals surface area contributed by atoms with E-state index >= 15 is 0 Å². The zero-order chi connectivity index (χ0) is 25.2. The van der Waals surface area contributed by atoms with Gasteiger partial charge in [-0.2, -0.15) is 15.0 Å². The van der Waals surface area contributed by atoms with E-state index in [1.807, 2.05) is 54.7 Å². The van der Waals surface area contributed by atoms with Crippen LogP contribution in [-0.2, 0) is 9.47 Å². The number of aromatic nitrogens is 6. The number of morpholine rings is 1. The topological polar surface area (TPSA) is 123 Å². The average molecular weight is 499 g/mol. The maximum atomic E-state index is 13.2. The molecule has 0 radical (unpaired) electrons. The lowest BCUT2D eigenvalue weighted by Gasteiger charge is -2.27. The number of methoxy groups -OCH3 is 1. The second kappa shape index (κ2) is 9.96. The fourth-order valence-electron chi connectivity index (χ4n) is 4.49. The van der Waals surface area contributed by atoms with E-state index < -0.39 is 0 Å². The average Bonchev–Trinajstić information content (AvgIpc) is 3.58. The van der Waals surface area contributed by atoms with Crippen molar-refractivity contribution in [1.82, 2.24) is 34.8 Å². The van der Waals surface area contributed by atoms with E-state index in [1.54, 1.807) is 11.7 Å². The number of aromatic amines is 1. The molecule has 0 unspecified atom stereocenters. The van der Waals surface area contributed by atoms with Crippen molar-refractivity contribution < 1.29 is 14.3 Å². The van der Waals surface area contributed by atoms with Crippen LogP contribution in [0.1, 0.15) is 10.6 Å². The summed E-state index contributed by atoms with van der Waals surface area (Å²) in [6.45, 7) is 3.24. The first kappa shape index (κ1) is 23.1. The predicted molar refractivity (Wildman–Crippen MR) is 139 cm³/mol. The third-order valence-corrected chi connectivity index (χ3v) is 6.30. The molecular formula is C26H26N8O3. The van der Waals surface area contributed by atoms with Gasteiger partial charge in [0, 0.05) is 49.4 Å². The lowest BCUT2D eigenvalue weighted by Crippen LogP contribution is -2.37. The number of carbonyl (C=O) groups is 1. The number of hydrogen-bond acceptors (Lipinski definition) is 8. The number of ether oxygens (including phenoxy) is 2. The van der Waals surface area contributed by atoms with Crippen LogP contribution in [0.25, 0.3) is 39.3 Å².